The lowest BCUT2D eigenvalue weighted by atomic mass is 9.96. The van der Waals surface area contributed by atoms with E-state index < -0.39 is 10.0 Å². The molecular weight excluding hydrogens is 366 g/mol. The van der Waals surface area contributed by atoms with Crippen LogP contribution in [0.1, 0.15) is 17.6 Å². The highest BCUT2D eigenvalue weighted by molar-refractivity contribution is 7.89. The Bertz CT molecular complexity index is 1060. The van der Waals surface area contributed by atoms with E-state index in [2.05, 4.69) is 20.2 Å². The van der Waals surface area contributed by atoms with Crippen molar-refractivity contribution in [2.24, 2.45) is 5.92 Å². The minimum absolute atomic E-state index is 0.0112. The summed E-state index contributed by atoms with van der Waals surface area (Å²) >= 11 is 0. The summed E-state index contributed by atoms with van der Waals surface area (Å²) in [6.45, 7) is 2.94. The van der Waals surface area contributed by atoms with E-state index in [1.807, 2.05) is 19.1 Å². The molecule has 1 fully saturated rings. The molecule has 9 heteroatoms. The van der Waals surface area contributed by atoms with Crippen molar-refractivity contribution in [1.29, 1.82) is 0 Å². The Kier molecular flexibility index (Phi) is 4.67. The van der Waals surface area contributed by atoms with Crippen molar-refractivity contribution in [3.8, 4) is 0 Å². The van der Waals surface area contributed by atoms with Crippen LogP contribution in [-0.2, 0) is 14.8 Å². The molecule has 0 aliphatic carbocycles. The fourth-order valence-corrected chi connectivity index (χ4v) is 5.34. The fourth-order valence-electron chi connectivity index (χ4n) is 3.65. The summed E-state index contributed by atoms with van der Waals surface area (Å²) in [6.07, 6.45) is 1.61. The first-order chi connectivity index (χ1) is 13.0. The maximum atomic E-state index is 13.4. The third-order valence-electron chi connectivity index (χ3n) is 4.95. The lowest BCUT2D eigenvalue weighted by molar-refractivity contribution is 0.150. The summed E-state index contributed by atoms with van der Waals surface area (Å²) in [5.41, 5.74) is 0.487. The molecule has 0 spiro atoms. The van der Waals surface area contributed by atoms with Crippen LogP contribution >= 0.6 is 0 Å². The standard InChI is InChI=1S/C18H21N5O3S/c1-12-20-18(22-21-12)15-10-23(9-14(15)11-26-2)27(24,25)16-7-3-5-13-6-4-8-19-17(13)16/h3-8,14-15H,9-11H2,1-2H3,(H,20,21,22)/t14-,15+/m0/s1. The molecule has 1 saturated heterocycles. The van der Waals surface area contributed by atoms with Crippen molar-refractivity contribution in [2.45, 2.75) is 17.7 Å². The van der Waals surface area contributed by atoms with Crippen molar-refractivity contribution in [3.63, 3.8) is 0 Å². The van der Waals surface area contributed by atoms with Crippen molar-refractivity contribution in [1.82, 2.24) is 24.5 Å². The Hall–Kier alpha value is -2.36. The van der Waals surface area contributed by atoms with Gasteiger partial charge in [0.1, 0.15) is 10.7 Å². The summed E-state index contributed by atoms with van der Waals surface area (Å²) in [4.78, 5) is 8.93. The minimum atomic E-state index is -3.70. The molecule has 1 aliphatic rings. The first-order valence-electron chi connectivity index (χ1n) is 8.72. The molecule has 2 aromatic heterocycles. The van der Waals surface area contributed by atoms with Gasteiger partial charge in [0.05, 0.1) is 12.1 Å². The Morgan fingerprint density at radius 3 is 2.81 bits per heavy atom. The van der Waals surface area contributed by atoms with Crippen molar-refractivity contribution in [2.75, 3.05) is 26.8 Å². The number of hydrogen-bond donors (Lipinski definition) is 1. The molecule has 0 bridgehead atoms. The molecular formula is C18H21N5O3S. The Balaban J connectivity index is 1.71. The molecule has 27 heavy (non-hydrogen) atoms. The Labute approximate surface area is 157 Å². The number of para-hydroxylation sites is 1. The summed E-state index contributed by atoms with van der Waals surface area (Å²) in [7, 11) is -2.08. The minimum Gasteiger partial charge on any atom is -0.384 e. The number of sulfonamides is 1. The van der Waals surface area contributed by atoms with Crippen LogP contribution in [0.3, 0.4) is 0 Å². The van der Waals surface area contributed by atoms with Gasteiger partial charge >= 0.3 is 0 Å². The van der Waals surface area contributed by atoms with Gasteiger partial charge in [0.25, 0.3) is 0 Å². The number of ether oxygens (including phenoxy) is 1. The van der Waals surface area contributed by atoms with E-state index in [1.54, 1.807) is 31.5 Å². The molecule has 142 valence electrons. The topological polar surface area (TPSA) is 101 Å². The van der Waals surface area contributed by atoms with Gasteiger partial charge in [0.2, 0.25) is 10.0 Å². The number of benzene rings is 1. The molecule has 1 aromatic carbocycles. The van der Waals surface area contributed by atoms with Crippen LogP contribution in [0.2, 0.25) is 0 Å². The van der Waals surface area contributed by atoms with Crippen molar-refractivity contribution in [3.05, 3.63) is 48.2 Å². The highest BCUT2D eigenvalue weighted by atomic mass is 32.2. The van der Waals surface area contributed by atoms with E-state index in [1.165, 1.54) is 4.31 Å². The lowest BCUT2D eigenvalue weighted by Crippen LogP contribution is -2.29. The van der Waals surface area contributed by atoms with E-state index in [0.717, 1.165) is 5.39 Å². The molecule has 1 N–H and O–H groups in total. The van der Waals surface area contributed by atoms with Crippen molar-refractivity contribution >= 4 is 20.9 Å². The van der Waals surface area contributed by atoms with E-state index in [0.29, 0.717) is 36.9 Å². The molecule has 3 heterocycles. The number of aryl methyl sites for hydroxylation is 1. The average molecular weight is 387 g/mol. The van der Waals surface area contributed by atoms with Crippen LogP contribution in [0.4, 0.5) is 0 Å². The predicted molar refractivity (Wildman–Crippen MR) is 99.7 cm³/mol. The van der Waals surface area contributed by atoms with E-state index in [9.17, 15) is 8.42 Å². The van der Waals surface area contributed by atoms with Crippen LogP contribution in [0.15, 0.2) is 41.4 Å². The Morgan fingerprint density at radius 2 is 2.07 bits per heavy atom. The van der Waals surface area contributed by atoms with Crippen LogP contribution in [0.5, 0.6) is 0 Å². The van der Waals surface area contributed by atoms with E-state index in [4.69, 9.17) is 4.74 Å². The van der Waals surface area contributed by atoms with Gasteiger partial charge in [-0.25, -0.2) is 13.4 Å². The Morgan fingerprint density at radius 1 is 1.26 bits per heavy atom. The predicted octanol–water partition coefficient (Wildman–Crippen LogP) is 1.71. The molecule has 4 rings (SSSR count). The van der Waals surface area contributed by atoms with E-state index >= 15 is 0 Å². The third kappa shape index (κ3) is 3.22. The second kappa shape index (κ2) is 6.99. The number of methoxy groups -OCH3 is 1. The van der Waals surface area contributed by atoms with Crippen LogP contribution in [0.25, 0.3) is 10.9 Å². The molecule has 0 amide bonds. The highest BCUT2D eigenvalue weighted by Crippen LogP contribution is 2.35. The molecule has 3 aromatic rings. The van der Waals surface area contributed by atoms with Gasteiger partial charge in [-0.15, -0.1) is 0 Å². The van der Waals surface area contributed by atoms with Crippen LogP contribution in [-0.4, -0.2) is 59.7 Å². The normalized spacial score (nSPS) is 21.1. The maximum absolute atomic E-state index is 13.4. The highest BCUT2D eigenvalue weighted by Gasteiger charge is 2.42. The number of pyridine rings is 1. The lowest BCUT2D eigenvalue weighted by Gasteiger charge is -2.17. The van der Waals surface area contributed by atoms with Gasteiger partial charge in [-0.2, -0.15) is 9.40 Å². The quantitative estimate of drug-likeness (QED) is 0.715. The van der Waals surface area contributed by atoms with Gasteiger partial charge in [0.15, 0.2) is 5.82 Å². The number of H-pyrrole nitrogens is 1. The average Bonchev–Trinajstić information content (AvgIpc) is 3.28. The summed E-state index contributed by atoms with van der Waals surface area (Å²) in [5.74, 6) is 1.21. The smallest absolute Gasteiger partial charge is 0.245 e. The van der Waals surface area contributed by atoms with Gasteiger partial charge in [0, 0.05) is 43.6 Å². The largest absolute Gasteiger partial charge is 0.384 e. The van der Waals surface area contributed by atoms with Gasteiger partial charge in [-0.1, -0.05) is 18.2 Å². The van der Waals surface area contributed by atoms with Gasteiger partial charge in [-0.3, -0.25) is 10.1 Å². The summed E-state index contributed by atoms with van der Waals surface area (Å²) in [6, 6.07) is 8.87. The first-order valence-corrected chi connectivity index (χ1v) is 10.2. The number of hydrogen-bond acceptors (Lipinski definition) is 6. The molecule has 0 radical (unpaired) electrons. The van der Waals surface area contributed by atoms with Gasteiger partial charge in [-0.05, 0) is 19.1 Å². The van der Waals surface area contributed by atoms with Crippen molar-refractivity contribution < 1.29 is 13.2 Å². The number of aromatic nitrogens is 4. The fraction of sp³-hybridized carbons (Fsp3) is 0.389. The monoisotopic (exact) mass is 387 g/mol. The van der Waals surface area contributed by atoms with Crippen LogP contribution in [0, 0.1) is 12.8 Å². The van der Waals surface area contributed by atoms with Gasteiger partial charge < -0.3 is 4.74 Å². The zero-order valence-corrected chi connectivity index (χ0v) is 16.0. The number of nitrogens with one attached hydrogen (secondary N) is 1. The molecule has 1 aliphatic heterocycles. The second-order valence-corrected chi connectivity index (χ2v) is 8.66. The SMILES string of the molecule is COC[C@@H]1CN(S(=O)(=O)c2cccc3cccnc23)C[C@H]1c1n[nH]c(C)n1. The number of rotatable bonds is 5. The zero-order valence-electron chi connectivity index (χ0n) is 15.2. The summed E-state index contributed by atoms with van der Waals surface area (Å²) < 4.78 is 33.6. The number of aromatic amines is 1. The number of nitrogens with zero attached hydrogens (tertiary/aromatic N) is 4. The molecule has 8 nitrogen and oxygen atoms in total. The third-order valence-corrected chi connectivity index (χ3v) is 6.81. The molecule has 0 unspecified atom stereocenters. The second-order valence-electron chi connectivity index (χ2n) is 6.75. The molecule has 0 saturated carbocycles. The summed E-state index contributed by atoms with van der Waals surface area (Å²) in [5, 5.41) is 7.88. The first kappa shape index (κ1) is 18.0. The molecule has 2 atom stereocenters. The van der Waals surface area contributed by atoms with Crippen LogP contribution < -0.4 is 0 Å². The zero-order chi connectivity index (χ0) is 19.0. The van der Waals surface area contributed by atoms with E-state index in [-0.39, 0.29) is 16.7 Å². The number of fused-ring (bicyclic) bond motifs is 1. The maximum Gasteiger partial charge on any atom is 0.245 e.